The summed E-state index contributed by atoms with van der Waals surface area (Å²) in [6.45, 7) is 1.28. The molecule has 0 atom stereocenters. The number of thiazole rings is 1. The number of hydrogen-bond donors (Lipinski definition) is 0. The second-order valence-electron chi connectivity index (χ2n) is 6.80. The molecule has 1 amide bonds. The predicted molar refractivity (Wildman–Crippen MR) is 109 cm³/mol. The Bertz CT molecular complexity index is 1120. The van der Waals surface area contributed by atoms with Gasteiger partial charge in [-0.05, 0) is 24.3 Å². The molecule has 2 aromatic carbocycles. The lowest BCUT2D eigenvalue weighted by molar-refractivity contribution is 0.0590. The number of benzene rings is 2. The second kappa shape index (κ2) is 7.16. The van der Waals surface area contributed by atoms with Crippen LogP contribution in [-0.2, 0) is 0 Å². The largest absolute Gasteiger partial charge is 0.467 e. The van der Waals surface area contributed by atoms with Gasteiger partial charge >= 0.3 is 0 Å². The van der Waals surface area contributed by atoms with Gasteiger partial charge in [0, 0.05) is 25.9 Å². The Morgan fingerprint density at radius 3 is 2.46 bits per heavy atom. The van der Waals surface area contributed by atoms with Gasteiger partial charge in [-0.15, -0.1) is 0 Å². The van der Waals surface area contributed by atoms with E-state index in [1.807, 2.05) is 53.4 Å². The van der Waals surface area contributed by atoms with Crippen LogP contribution >= 0.6 is 11.3 Å². The quantitative estimate of drug-likeness (QED) is 0.530. The molecule has 1 fully saturated rings. The second-order valence-corrected chi connectivity index (χ2v) is 7.79. The average molecular weight is 390 g/mol. The minimum absolute atomic E-state index is 0.0725. The molecule has 1 aliphatic heterocycles. The van der Waals surface area contributed by atoms with E-state index in [-0.39, 0.29) is 12.0 Å². The maximum Gasteiger partial charge on any atom is 0.274 e. The van der Waals surface area contributed by atoms with Crippen LogP contribution in [0.4, 0.5) is 0 Å². The maximum atomic E-state index is 12.8. The first-order valence-electron chi connectivity index (χ1n) is 9.29. The van der Waals surface area contributed by atoms with E-state index in [9.17, 15) is 4.79 Å². The molecule has 6 nitrogen and oxygen atoms in total. The zero-order valence-electron chi connectivity index (χ0n) is 15.1. The number of carbonyl (C=O) groups is 1. The molecule has 5 rings (SSSR count). The van der Waals surface area contributed by atoms with Crippen molar-refractivity contribution in [2.24, 2.45) is 0 Å². The highest BCUT2D eigenvalue weighted by Crippen LogP contribution is 2.29. The van der Waals surface area contributed by atoms with Crippen molar-refractivity contribution in [1.29, 1.82) is 0 Å². The lowest BCUT2D eigenvalue weighted by atomic mass is 10.1. The molecule has 0 N–H and O–H groups in total. The van der Waals surface area contributed by atoms with Gasteiger partial charge in [-0.2, -0.15) is 0 Å². The van der Waals surface area contributed by atoms with Gasteiger partial charge in [0.05, 0.1) is 27.4 Å². The molecule has 0 unspecified atom stereocenters. The van der Waals surface area contributed by atoms with Gasteiger partial charge in [0.1, 0.15) is 11.8 Å². The minimum Gasteiger partial charge on any atom is -0.467 e. The van der Waals surface area contributed by atoms with E-state index in [0.717, 1.165) is 34.1 Å². The molecule has 1 aliphatic rings. The molecule has 140 valence electrons. The molecular weight excluding hydrogens is 372 g/mol. The molecule has 4 aromatic rings. The van der Waals surface area contributed by atoms with Crippen LogP contribution in [0.25, 0.3) is 21.3 Å². The van der Waals surface area contributed by atoms with Crippen LogP contribution < -0.4 is 4.74 Å². The summed E-state index contributed by atoms with van der Waals surface area (Å²) in [6.07, 6.45) is 3.20. The molecule has 3 heterocycles. The van der Waals surface area contributed by atoms with Crippen molar-refractivity contribution in [3.05, 3.63) is 60.4 Å². The molecule has 0 saturated carbocycles. The van der Waals surface area contributed by atoms with Gasteiger partial charge in [0.25, 0.3) is 11.1 Å². The molecule has 7 heteroatoms. The van der Waals surface area contributed by atoms with E-state index in [4.69, 9.17) is 4.74 Å². The highest BCUT2D eigenvalue weighted by Gasteiger charge is 2.26. The van der Waals surface area contributed by atoms with E-state index in [2.05, 4.69) is 15.0 Å². The highest BCUT2D eigenvalue weighted by molar-refractivity contribution is 7.20. The lowest BCUT2D eigenvalue weighted by Crippen LogP contribution is -2.42. The van der Waals surface area contributed by atoms with Crippen LogP contribution in [0.5, 0.6) is 5.19 Å². The third-order valence-corrected chi connectivity index (χ3v) is 5.87. The standard InChI is InChI=1S/C21H18N4O2S/c26-20(18-13-22-15-5-1-2-6-16(15)23-18)25-11-9-14(10-12-25)27-21-24-17-7-3-4-8-19(17)28-21/h1-8,13-14H,9-12H2. The zero-order chi connectivity index (χ0) is 18.9. The van der Waals surface area contributed by atoms with Crippen LogP contribution in [-0.4, -0.2) is 45.0 Å². The number of nitrogens with zero attached hydrogens (tertiary/aromatic N) is 4. The van der Waals surface area contributed by atoms with Crippen molar-refractivity contribution in [1.82, 2.24) is 19.9 Å². The maximum absolute atomic E-state index is 12.8. The van der Waals surface area contributed by atoms with Gasteiger partial charge < -0.3 is 9.64 Å². The first-order valence-corrected chi connectivity index (χ1v) is 10.1. The fourth-order valence-corrected chi connectivity index (χ4v) is 4.32. The summed E-state index contributed by atoms with van der Waals surface area (Å²) in [5.41, 5.74) is 2.89. The van der Waals surface area contributed by atoms with E-state index in [0.29, 0.717) is 24.0 Å². The lowest BCUT2D eigenvalue weighted by Gasteiger charge is -2.31. The first-order chi connectivity index (χ1) is 13.8. The van der Waals surface area contributed by atoms with Crippen molar-refractivity contribution in [2.45, 2.75) is 18.9 Å². The summed E-state index contributed by atoms with van der Waals surface area (Å²) in [5, 5.41) is 0.700. The van der Waals surface area contributed by atoms with E-state index < -0.39 is 0 Å². The van der Waals surface area contributed by atoms with Crippen LogP contribution in [0.2, 0.25) is 0 Å². The van der Waals surface area contributed by atoms with E-state index in [1.54, 1.807) is 17.5 Å². The number of likely N-dealkylation sites (tertiary alicyclic amines) is 1. The number of piperidine rings is 1. The average Bonchev–Trinajstić information content (AvgIpc) is 3.16. The summed E-state index contributed by atoms with van der Waals surface area (Å²) < 4.78 is 7.20. The molecule has 2 aromatic heterocycles. The molecule has 1 saturated heterocycles. The predicted octanol–water partition coefficient (Wildman–Crippen LogP) is 3.92. The van der Waals surface area contributed by atoms with Crippen LogP contribution in [0.15, 0.2) is 54.7 Å². The number of rotatable bonds is 3. The minimum atomic E-state index is -0.0725. The van der Waals surface area contributed by atoms with E-state index >= 15 is 0 Å². The highest BCUT2D eigenvalue weighted by atomic mass is 32.1. The molecule has 0 aliphatic carbocycles. The topological polar surface area (TPSA) is 68.2 Å². The van der Waals surface area contributed by atoms with Crippen molar-refractivity contribution in [3.8, 4) is 5.19 Å². The monoisotopic (exact) mass is 390 g/mol. The number of carbonyl (C=O) groups excluding carboxylic acids is 1. The van der Waals surface area contributed by atoms with Crippen molar-refractivity contribution < 1.29 is 9.53 Å². The number of para-hydroxylation sites is 3. The zero-order valence-corrected chi connectivity index (χ0v) is 15.9. The van der Waals surface area contributed by atoms with Gasteiger partial charge in [0.15, 0.2) is 0 Å². The summed E-state index contributed by atoms with van der Waals surface area (Å²) in [4.78, 5) is 28.0. The van der Waals surface area contributed by atoms with Crippen LogP contribution in [0.1, 0.15) is 23.3 Å². The molecule has 0 spiro atoms. The number of aromatic nitrogens is 3. The Kier molecular flexibility index (Phi) is 4.37. The molecular formula is C21H18N4O2S. The normalized spacial score (nSPS) is 15.2. The number of amides is 1. The van der Waals surface area contributed by atoms with Crippen LogP contribution in [0, 0.1) is 0 Å². The Hall–Kier alpha value is -3.06. The van der Waals surface area contributed by atoms with Crippen molar-refractivity contribution in [3.63, 3.8) is 0 Å². The van der Waals surface area contributed by atoms with Crippen molar-refractivity contribution in [2.75, 3.05) is 13.1 Å². The van der Waals surface area contributed by atoms with Crippen molar-refractivity contribution >= 4 is 38.5 Å². The van der Waals surface area contributed by atoms with Gasteiger partial charge in [-0.3, -0.25) is 9.78 Å². The van der Waals surface area contributed by atoms with Gasteiger partial charge in [0.2, 0.25) is 0 Å². The van der Waals surface area contributed by atoms with Crippen LogP contribution in [0.3, 0.4) is 0 Å². The summed E-state index contributed by atoms with van der Waals surface area (Å²) >= 11 is 1.56. The number of hydrogen-bond acceptors (Lipinski definition) is 6. The Morgan fingerprint density at radius 1 is 0.964 bits per heavy atom. The first kappa shape index (κ1) is 17.1. The molecule has 0 bridgehead atoms. The fraction of sp³-hybridized carbons (Fsp3) is 0.238. The molecule has 0 radical (unpaired) electrons. The number of fused-ring (bicyclic) bond motifs is 2. The SMILES string of the molecule is O=C(c1cnc2ccccc2n1)N1CCC(Oc2nc3ccccc3s2)CC1. The fourth-order valence-electron chi connectivity index (χ4n) is 3.44. The Labute approximate surface area is 165 Å². The smallest absolute Gasteiger partial charge is 0.274 e. The summed E-state index contributed by atoms with van der Waals surface area (Å²) in [6, 6.07) is 15.6. The van der Waals surface area contributed by atoms with Gasteiger partial charge in [-0.25, -0.2) is 9.97 Å². The van der Waals surface area contributed by atoms with Gasteiger partial charge in [-0.1, -0.05) is 35.6 Å². The molecule has 28 heavy (non-hydrogen) atoms. The number of ether oxygens (including phenoxy) is 1. The summed E-state index contributed by atoms with van der Waals surface area (Å²) in [5.74, 6) is -0.0725. The Balaban J connectivity index is 1.24. The summed E-state index contributed by atoms with van der Waals surface area (Å²) in [7, 11) is 0. The van der Waals surface area contributed by atoms with E-state index in [1.165, 1.54) is 0 Å². The third-order valence-electron chi connectivity index (χ3n) is 4.94. The third kappa shape index (κ3) is 3.29. The Morgan fingerprint density at radius 2 is 1.68 bits per heavy atom.